The molecular formula is C29H36ClN5O5S. The Morgan fingerprint density at radius 3 is 2.46 bits per heavy atom. The summed E-state index contributed by atoms with van der Waals surface area (Å²) in [6.07, 6.45) is 3.73. The van der Waals surface area contributed by atoms with Crippen molar-refractivity contribution in [2.45, 2.75) is 25.5 Å². The maximum atomic E-state index is 13.6. The maximum absolute atomic E-state index is 13.6. The first-order chi connectivity index (χ1) is 19.7. The van der Waals surface area contributed by atoms with Gasteiger partial charge in [-0.05, 0) is 48.7 Å². The topological polar surface area (TPSA) is 106 Å². The predicted molar refractivity (Wildman–Crippen MR) is 161 cm³/mol. The van der Waals surface area contributed by atoms with Crippen molar-refractivity contribution in [1.82, 2.24) is 14.1 Å². The number of rotatable bonds is 12. The fourth-order valence-corrected chi connectivity index (χ4v) is 6.41. The van der Waals surface area contributed by atoms with Crippen LogP contribution in [0.5, 0.6) is 5.75 Å². The number of hydrogen-bond acceptors (Lipinski definition) is 8. The molecular weight excluding hydrogens is 566 g/mol. The van der Waals surface area contributed by atoms with Crippen molar-refractivity contribution in [1.29, 1.82) is 0 Å². The van der Waals surface area contributed by atoms with Crippen LogP contribution in [0.25, 0.3) is 5.69 Å². The lowest BCUT2D eigenvalue weighted by Crippen LogP contribution is -2.49. The number of methoxy groups -OCH3 is 1. The van der Waals surface area contributed by atoms with E-state index in [2.05, 4.69) is 17.3 Å². The molecule has 2 aliphatic rings. The third kappa shape index (κ3) is 7.21. The number of piperazine rings is 1. The predicted octanol–water partition coefficient (Wildman–Crippen LogP) is 3.78. The number of hydrogen-bond donors (Lipinski definition) is 1. The second-order valence-corrected chi connectivity index (χ2v) is 13.3. The van der Waals surface area contributed by atoms with Crippen LogP contribution in [-0.2, 0) is 20.5 Å². The summed E-state index contributed by atoms with van der Waals surface area (Å²) in [5, 5.41) is 8.15. The van der Waals surface area contributed by atoms with Crippen LogP contribution in [0.2, 0.25) is 5.02 Å². The molecule has 5 rings (SSSR count). The number of sulfonamides is 1. The Kier molecular flexibility index (Phi) is 8.88. The van der Waals surface area contributed by atoms with Crippen LogP contribution in [0.4, 0.5) is 11.4 Å². The highest BCUT2D eigenvalue weighted by molar-refractivity contribution is 7.88. The molecule has 1 aliphatic heterocycles. The van der Waals surface area contributed by atoms with Crippen molar-refractivity contribution in [3.8, 4) is 11.4 Å². The Labute approximate surface area is 245 Å². The number of anilines is 2. The van der Waals surface area contributed by atoms with Gasteiger partial charge in [0, 0.05) is 56.0 Å². The smallest absolute Gasteiger partial charge is 0.316 e. The lowest BCUT2D eigenvalue weighted by atomic mass is 10.2. The van der Waals surface area contributed by atoms with Gasteiger partial charge in [0.15, 0.2) is 0 Å². The van der Waals surface area contributed by atoms with Gasteiger partial charge in [-0.1, -0.05) is 36.7 Å². The molecule has 2 aromatic carbocycles. The lowest BCUT2D eigenvalue weighted by Gasteiger charge is -2.35. The van der Waals surface area contributed by atoms with Crippen LogP contribution >= 0.6 is 11.6 Å². The largest absolute Gasteiger partial charge is 0.486 e. The van der Waals surface area contributed by atoms with Crippen LogP contribution in [0.15, 0.2) is 59.5 Å². The van der Waals surface area contributed by atoms with Gasteiger partial charge < -0.3 is 19.7 Å². The van der Waals surface area contributed by atoms with Crippen molar-refractivity contribution in [2.75, 3.05) is 63.3 Å². The van der Waals surface area contributed by atoms with E-state index in [9.17, 15) is 13.2 Å². The second kappa shape index (κ2) is 12.4. The molecule has 0 radical (unpaired) electrons. The van der Waals surface area contributed by atoms with Gasteiger partial charge >= 0.3 is 5.56 Å². The van der Waals surface area contributed by atoms with E-state index in [0.717, 1.165) is 24.1 Å². The van der Waals surface area contributed by atoms with Crippen molar-refractivity contribution < 1.29 is 17.9 Å². The van der Waals surface area contributed by atoms with E-state index in [1.54, 1.807) is 37.6 Å². The van der Waals surface area contributed by atoms with Gasteiger partial charge in [-0.25, -0.2) is 8.42 Å². The molecule has 1 aliphatic carbocycles. The van der Waals surface area contributed by atoms with E-state index < -0.39 is 10.0 Å². The van der Waals surface area contributed by atoms with E-state index in [0.29, 0.717) is 62.3 Å². The van der Waals surface area contributed by atoms with E-state index in [-0.39, 0.29) is 22.5 Å². The van der Waals surface area contributed by atoms with E-state index >= 15 is 0 Å². The minimum atomic E-state index is -3.52. The highest BCUT2D eigenvalue weighted by Crippen LogP contribution is 2.45. The minimum Gasteiger partial charge on any atom is -0.486 e. The average Bonchev–Trinajstić information content (AvgIpc) is 3.70. The third-order valence-electron chi connectivity index (χ3n) is 7.55. The van der Waals surface area contributed by atoms with Gasteiger partial charge in [0.05, 0.1) is 30.9 Å². The summed E-state index contributed by atoms with van der Waals surface area (Å²) in [5.74, 6) is 0.152. The van der Waals surface area contributed by atoms with Gasteiger partial charge in [0.2, 0.25) is 15.8 Å². The lowest BCUT2D eigenvalue weighted by molar-refractivity contribution is 0.211. The van der Waals surface area contributed by atoms with Crippen LogP contribution < -0.4 is 20.5 Å². The molecule has 1 saturated carbocycles. The first-order valence-corrected chi connectivity index (χ1v) is 15.7. The first kappa shape index (κ1) is 29.4. The summed E-state index contributed by atoms with van der Waals surface area (Å²) >= 11 is 6.16. The molecule has 0 bridgehead atoms. The summed E-state index contributed by atoms with van der Waals surface area (Å²) in [5.41, 5.74) is 2.46. The maximum Gasteiger partial charge on any atom is 0.316 e. The average molecular weight is 602 g/mol. The Morgan fingerprint density at radius 1 is 1.07 bits per heavy atom. The zero-order chi connectivity index (χ0) is 29.0. The summed E-state index contributed by atoms with van der Waals surface area (Å²) in [7, 11) is -1.88. The monoisotopic (exact) mass is 601 g/mol. The van der Waals surface area contributed by atoms with Gasteiger partial charge in [0.25, 0.3) is 0 Å². The van der Waals surface area contributed by atoms with Gasteiger partial charge in [0.1, 0.15) is 5.69 Å². The Bertz CT molecular complexity index is 1520. The van der Waals surface area contributed by atoms with Crippen molar-refractivity contribution in [2.24, 2.45) is 5.41 Å². The molecule has 41 heavy (non-hydrogen) atoms. The fraction of sp³-hybridized carbons (Fsp3) is 0.448. The molecule has 2 fully saturated rings. The molecule has 1 saturated heterocycles. The molecule has 2 heterocycles. The van der Waals surface area contributed by atoms with Crippen LogP contribution in [-0.4, -0.2) is 75.6 Å². The molecule has 0 atom stereocenters. The van der Waals surface area contributed by atoms with Crippen molar-refractivity contribution in [3.63, 3.8) is 0 Å². The Hall–Kier alpha value is -3.12. The standard InChI is InChI=1S/C29H36ClN5O5S/c1-29(10-11-29)21-40-27-26(19-32-35(28(27)36)25-5-3-4-23(30)18-25)33-13-15-34(16-14-33)41(37,38)20-22-6-8-24(9-7-22)31-12-17-39-2/h3-9,18-19,31H,10-17,20-21H2,1-2H3. The molecule has 1 aromatic heterocycles. The number of benzene rings is 2. The zero-order valence-corrected chi connectivity index (χ0v) is 25.0. The quantitative estimate of drug-likeness (QED) is 0.313. The number of nitrogens with zero attached hydrogens (tertiary/aromatic N) is 4. The molecule has 10 nitrogen and oxygen atoms in total. The Balaban J connectivity index is 1.28. The Morgan fingerprint density at radius 2 is 1.80 bits per heavy atom. The van der Waals surface area contributed by atoms with Gasteiger partial charge in [-0.15, -0.1) is 0 Å². The molecule has 0 amide bonds. The number of ether oxygens (including phenoxy) is 2. The SMILES string of the molecule is COCCNc1ccc(CS(=O)(=O)N2CCN(c3cnn(-c4cccc(Cl)c4)c(=O)c3OCC3(C)CC3)CC2)cc1. The van der Waals surface area contributed by atoms with Crippen LogP contribution in [0.1, 0.15) is 25.3 Å². The van der Waals surface area contributed by atoms with E-state index in [1.165, 1.54) is 8.99 Å². The summed E-state index contributed by atoms with van der Waals surface area (Å²) in [6, 6.07) is 14.3. The van der Waals surface area contributed by atoms with Gasteiger partial charge in [-0.3, -0.25) is 4.79 Å². The summed E-state index contributed by atoms with van der Waals surface area (Å²) < 4.78 is 40.5. The molecule has 0 spiro atoms. The second-order valence-electron chi connectivity index (χ2n) is 10.9. The van der Waals surface area contributed by atoms with Crippen molar-refractivity contribution >= 4 is 33.0 Å². The molecule has 220 valence electrons. The molecule has 12 heteroatoms. The normalized spacial score (nSPS) is 16.9. The van der Waals surface area contributed by atoms with Crippen LogP contribution in [0.3, 0.4) is 0 Å². The summed E-state index contributed by atoms with van der Waals surface area (Å²) in [6.45, 7) is 5.26. The first-order valence-electron chi connectivity index (χ1n) is 13.7. The van der Waals surface area contributed by atoms with Crippen LogP contribution in [0, 0.1) is 5.41 Å². The molecule has 0 unspecified atom stereocenters. The molecule has 1 N–H and O–H groups in total. The highest BCUT2D eigenvalue weighted by Gasteiger charge is 2.39. The minimum absolute atomic E-state index is 0.0683. The number of nitrogens with one attached hydrogen (secondary N) is 1. The van der Waals surface area contributed by atoms with Crippen molar-refractivity contribution in [3.05, 3.63) is 75.7 Å². The fourth-order valence-electron chi connectivity index (χ4n) is 4.71. The van der Waals surface area contributed by atoms with E-state index in [4.69, 9.17) is 21.1 Å². The van der Waals surface area contributed by atoms with E-state index in [1.807, 2.05) is 29.2 Å². The summed E-state index contributed by atoms with van der Waals surface area (Å²) in [4.78, 5) is 15.6. The third-order valence-corrected chi connectivity index (χ3v) is 9.63. The zero-order valence-electron chi connectivity index (χ0n) is 23.4. The van der Waals surface area contributed by atoms with Gasteiger partial charge in [-0.2, -0.15) is 14.1 Å². The number of aromatic nitrogens is 2. The molecule has 3 aromatic rings. The number of halogens is 1. The highest BCUT2D eigenvalue weighted by atomic mass is 35.5.